The first-order chi connectivity index (χ1) is 9.65. The van der Waals surface area contributed by atoms with E-state index in [9.17, 15) is 14.9 Å². The SMILES string of the molecule is O=C(Oc1ccc([N+](=O)[O-])cc1)N1C2CCCC1CC2. The van der Waals surface area contributed by atoms with Gasteiger partial charge in [-0.1, -0.05) is 0 Å². The van der Waals surface area contributed by atoms with Gasteiger partial charge in [-0.15, -0.1) is 0 Å². The number of carbonyl (C=O) groups is 1. The summed E-state index contributed by atoms with van der Waals surface area (Å²) in [7, 11) is 0. The smallest absolute Gasteiger partial charge is 0.410 e. The number of amides is 1. The van der Waals surface area contributed by atoms with Gasteiger partial charge in [0.05, 0.1) is 4.92 Å². The number of fused-ring (bicyclic) bond motifs is 2. The van der Waals surface area contributed by atoms with Crippen molar-refractivity contribution in [3.63, 3.8) is 0 Å². The maximum absolute atomic E-state index is 12.2. The number of rotatable bonds is 2. The van der Waals surface area contributed by atoms with Gasteiger partial charge >= 0.3 is 6.09 Å². The average molecular weight is 276 g/mol. The van der Waals surface area contributed by atoms with Crippen molar-refractivity contribution < 1.29 is 14.5 Å². The fourth-order valence-electron chi connectivity index (χ4n) is 3.20. The first kappa shape index (κ1) is 12.9. The molecule has 2 unspecified atom stereocenters. The summed E-state index contributed by atoms with van der Waals surface area (Å²) in [6, 6.07) is 6.21. The number of hydrogen-bond acceptors (Lipinski definition) is 4. The Balaban J connectivity index is 1.68. The zero-order valence-electron chi connectivity index (χ0n) is 11.0. The minimum atomic E-state index is -0.476. The third kappa shape index (κ3) is 2.33. The van der Waals surface area contributed by atoms with Crippen LogP contribution >= 0.6 is 0 Å². The highest BCUT2D eigenvalue weighted by atomic mass is 16.6. The molecular formula is C14H16N2O4. The zero-order valence-corrected chi connectivity index (χ0v) is 11.0. The molecule has 1 amide bonds. The highest BCUT2D eigenvalue weighted by molar-refractivity contribution is 5.72. The molecule has 2 aliphatic rings. The Kier molecular flexibility index (Phi) is 3.30. The third-order valence-electron chi connectivity index (χ3n) is 4.16. The summed E-state index contributed by atoms with van der Waals surface area (Å²) in [6.45, 7) is 0. The van der Waals surface area contributed by atoms with Crippen LogP contribution in [0.4, 0.5) is 10.5 Å². The predicted octanol–water partition coefficient (Wildman–Crippen LogP) is 3.11. The molecule has 106 valence electrons. The molecule has 2 bridgehead atoms. The van der Waals surface area contributed by atoms with E-state index in [4.69, 9.17) is 4.74 Å². The van der Waals surface area contributed by atoms with E-state index in [0.717, 1.165) is 25.7 Å². The first-order valence-corrected chi connectivity index (χ1v) is 6.90. The number of benzene rings is 1. The Bertz CT molecular complexity index is 512. The lowest BCUT2D eigenvalue weighted by Gasteiger charge is -2.33. The molecule has 0 aromatic heterocycles. The molecule has 0 spiro atoms. The molecule has 2 atom stereocenters. The first-order valence-electron chi connectivity index (χ1n) is 6.90. The summed E-state index contributed by atoms with van der Waals surface area (Å²) in [4.78, 5) is 24.2. The molecule has 2 saturated heterocycles. The molecule has 1 aromatic carbocycles. The molecule has 2 heterocycles. The number of ether oxygens (including phenoxy) is 1. The van der Waals surface area contributed by atoms with E-state index < -0.39 is 4.92 Å². The second-order valence-corrected chi connectivity index (χ2v) is 5.34. The molecule has 0 aliphatic carbocycles. The van der Waals surface area contributed by atoms with Gasteiger partial charge < -0.3 is 9.64 Å². The van der Waals surface area contributed by atoms with Crippen LogP contribution in [0.1, 0.15) is 32.1 Å². The molecule has 20 heavy (non-hydrogen) atoms. The highest BCUT2D eigenvalue weighted by Crippen LogP contribution is 2.36. The Hall–Kier alpha value is -2.11. The summed E-state index contributed by atoms with van der Waals surface area (Å²) in [5, 5.41) is 10.6. The van der Waals surface area contributed by atoms with Gasteiger partial charge in [0.15, 0.2) is 0 Å². The fourth-order valence-corrected chi connectivity index (χ4v) is 3.20. The Morgan fingerprint density at radius 3 is 2.30 bits per heavy atom. The second-order valence-electron chi connectivity index (χ2n) is 5.34. The van der Waals surface area contributed by atoms with E-state index in [-0.39, 0.29) is 11.8 Å². The van der Waals surface area contributed by atoms with E-state index in [1.54, 1.807) is 0 Å². The molecule has 6 heteroatoms. The van der Waals surface area contributed by atoms with Crippen LogP contribution in [0.3, 0.4) is 0 Å². The summed E-state index contributed by atoms with van der Waals surface area (Å²) < 4.78 is 5.33. The van der Waals surface area contributed by atoms with E-state index in [2.05, 4.69) is 0 Å². The quantitative estimate of drug-likeness (QED) is 0.614. The number of carbonyl (C=O) groups excluding carboxylic acids is 1. The monoisotopic (exact) mass is 276 g/mol. The summed E-state index contributed by atoms with van der Waals surface area (Å²) in [5.41, 5.74) is -0.0113. The van der Waals surface area contributed by atoms with Gasteiger partial charge in [0.25, 0.3) is 5.69 Å². The van der Waals surface area contributed by atoms with Crippen LogP contribution in [0.2, 0.25) is 0 Å². The molecular weight excluding hydrogens is 260 g/mol. The number of nitro benzene ring substituents is 1. The molecule has 3 rings (SSSR count). The molecule has 0 radical (unpaired) electrons. The molecule has 1 aromatic rings. The van der Waals surface area contributed by atoms with Crippen LogP contribution in [0.25, 0.3) is 0 Å². The van der Waals surface area contributed by atoms with Gasteiger partial charge in [-0.3, -0.25) is 10.1 Å². The number of hydrogen-bond donors (Lipinski definition) is 0. The van der Waals surface area contributed by atoms with Crippen LogP contribution in [0, 0.1) is 10.1 Å². The van der Waals surface area contributed by atoms with Crippen LogP contribution in [-0.4, -0.2) is 28.0 Å². The minimum Gasteiger partial charge on any atom is -0.410 e. The van der Waals surface area contributed by atoms with Crippen molar-refractivity contribution in [1.82, 2.24) is 4.90 Å². The van der Waals surface area contributed by atoms with E-state index in [1.165, 1.54) is 30.7 Å². The van der Waals surface area contributed by atoms with Gasteiger partial charge in [-0.05, 0) is 44.2 Å². The van der Waals surface area contributed by atoms with Crippen molar-refractivity contribution in [2.75, 3.05) is 0 Å². The van der Waals surface area contributed by atoms with Crippen molar-refractivity contribution in [3.05, 3.63) is 34.4 Å². The van der Waals surface area contributed by atoms with Crippen molar-refractivity contribution in [1.29, 1.82) is 0 Å². The van der Waals surface area contributed by atoms with Gasteiger partial charge in [0, 0.05) is 24.2 Å². The Morgan fingerprint density at radius 1 is 1.15 bits per heavy atom. The van der Waals surface area contributed by atoms with Gasteiger partial charge in [0.1, 0.15) is 5.75 Å². The van der Waals surface area contributed by atoms with E-state index in [1.807, 2.05) is 4.90 Å². The molecule has 0 N–H and O–H groups in total. The van der Waals surface area contributed by atoms with Crippen molar-refractivity contribution in [2.24, 2.45) is 0 Å². The summed E-state index contributed by atoms with van der Waals surface area (Å²) in [5.74, 6) is 0.352. The lowest BCUT2D eigenvalue weighted by molar-refractivity contribution is -0.384. The van der Waals surface area contributed by atoms with Crippen LogP contribution in [0.5, 0.6) is 5.75 Å². The van der Waals surface area contributed by atoms with Crippen molar-refractivity contribution >= 4 is 11.8 Å². The normalized spacial score (nSPS) is 24.5. The summed E-state index contributed by atoms with van der Waals surface area (Å²) >= 11 is 0. The maximum atomic E-state index is 12.2. The van der Waals surface area contributed by atoms with Crippen molar-refractivity contribution in [3.8, 4) is 5.75 Å². The van der Waals surface area contributed by atoms with E-state index >= 15 is 0 Å². The van der Waals surface area contributed by atoms with Crippen LogP contribution in [-0.2, 0) is 0 Å². The lowest BCUT2D eigenvalue weighted by atomic mass is 10.0. The molecule has 2 fully saturated rings. The largest absolute Gasteiger partial charge is 0.415 e. The average Bonchev–Trinajstić information content (AvgIpc) is 2.69. The Morgan fingerprint density at radius 2 is 1.75 bits per heavy atom. The topological polar surface area (TPSA) is 72.7 Å². The number of nitro groups is 1. The zero-order chi connectivity index (χ0) is 14.1. The summed E-state index contributed by atoms with van der Waals surface area (Å²) in [6.07, 6.45) is 5.06. The molecule has 6 nitrogen and oxygen atoms in total. The fraction of sp³-hybridized carbons (Fsp3) is 0.500. The van der Waals surface area contributed by atoms with Crippen molar-refractivity contribution in [2.45, 2.75) is 44.2 Å². The van der Waals surface area contributed by atoms with Crippen LogP contribution in [0.15, 0.2) is 24.3 Å². The number of piperidine rings is 1. The van der Waals surface area contributed by atoms with E-state index in [0.29, 0.717) is 17.8 Å². The number of nitrogens with zero attached hydrogens (tertiary/aromatic N) is 2. The van der Waals surface area contributed by atoms with Gasteiger partial charge in [-0.25, -0.2) is 4.79 Å². The standard InChI is InChI=1S/C14H16N2O4/c17-14(15-10-2-1-3-11(15)5-4-10)20-13-8-6-12(7-9-13)16(18)19/h6-11H,1-5H2. The minimum absolute atomic E-state index is 0.0113. The number of non-ortho nitro benzene ring substituents is 1. The van der Waals surface area contributed by atoms with Crippen LogP contribution < -0.4 is 4.74 Å². The van der Waals surface area contributed by atoms with Gasteiger partial charge in [-0.2, -0.15) is 0 Å². The third-order valence-corrected chi connectivity index (χ3v) is 4.16. The lowest BCUT2D eigenvalue weighted by Crippen LogP contribution is -2.45. The van der Waals surface area contributed by atoms with Gasteiger partial charge in [0.2, 0.25) is 0 Å². The maximum Gasteiger partial charge on any atom is 0.415 e. The highest BCUT2D eigenvalue weighted by Gasteiger charge is 2.40. The predicted molar refractivity (Wildman–Crippen MR) is 71.6 cm³/mol. The second kappa shape index (κ2) is 5.11. The molecule has 0 saturated carbocycles. The molecule has 2 aliphatic heterocycles. The Labute approximate surface area is 116 Å².